The van der Waals surface area contributed by atoms with Gasteiger partial charge in [0.25, 0.3) is 0 Å². The van der Waals surface area contributed by atoms with E-state index in [1.165, 1.54) is 25.7 Å². The Morgan fingerprint density at radius 2 is 2.30 bits per heavy atom. The molecule has 1 rings (SSSR count). The lowest BCUT2D eigenvalue weighted by molar-refractivity contribution is 0.308. The molecule has 0 aromatic heterocycles. The van der Waals surface area contributed by atoms with E-state index in [1.54, 1.807) is 0 Å². The molecule has 0 aromatic rings. The van der Waals surface area contributed by atoms with Gasteiger partial charge in [-0.15, -0.1) is 0 Å². The van der Waals surface area contributed by atoms with Crippen LogP contribution in [0.25, 0.3) is 0 Å². The van der Waals surface area contributed by atoms with E-state index in [1.807, 2.05) is 0 Å². The van der Waals surface area contributed by atoms with Crippen LogP contribution in [0.4, 0.5) is 0 Å². The lowest BCUT2D eigenvalue weighted by Crippen LogP contribution is -2.49. The second-order valence-electron chi connectivity index (χ2n) is 3.30. The topological polar surface area (TPSA) is 26.0 Å². The van der Waals surface area contributed by atoms with Gasteiger partial charge in [-0.2, -0.15) is 0 Å². The Hall–Kier alpha value is 0.690. The molecule has 1 fully saturated rings. The number of alkyl halides is 1. The van der Waals surface area contributed by atoms with Crippen molar-refractivity contribution in [1.82, 2.24) is 0 Å². The molecule has 0 saturated heterocycles. The van der Waals surface area contributed by atoms with Crippen LogP contribution in [0.5, 0.6) is 0 Å². The van der Waals surface area contributed by atoms with Gasteiger partial charge in [-0.05, 0) is 19.3 Å². The summed E-state index contributed by atoms with van der Waals surface area (Å²) < 4.78 is 0.712. The highest BCUT2D eigenvalue weighted by Crippen LogP contribution is 2.33. The standard InChI is InChI=1S/C8H16IN/c1-2-8(10)6-4-3-5-7(8)9/h7H,2-6,10H2,1H3/t7-,8-/m0/s1. The minimum atomic E-state index is 0.165. The Balaban J connectivity index is 2.54. The predicted molar refractivity (Wildman–Crippen MR) is 53.5 cm³/mol. The van der Waals surface area contributed by atoms with Gasteiger partial charge in [-0.25, -0.2) is 0 Å². The Kier molecular flexibility index (Phi) is 2.98. The number of rotatable bonds is 1. The minimum absolute atomic E-state index is 0.165. The van der Waals surface area contributed by atoms with Crippen LogP contribution in [0.15, 0.2) is 0 Å². The third kappa shape index (κ3) is 1.64. The summed E-state index contributed by atoms with van der Waals surface area (Å²) in [6.07, 6.45) is 6.42. The van der Waals surface area contributed by atoms with Crippen molar-refractivity contribution in [3.8, 4) is 0 Å². The Bertz CT molecular complexity index is 116. The maximum absolute atomic E-state index is 6.19. The molecule has 1 saturated carbocycles. The van der Waals surface area contributed by atoms with Crippen molar-refractivity contribution >= 4 is 22.6 Å². The van der Waals surface area contributed by atoms with Crippen molar-refractivity contribution < 1.29 is 0 Å². The lowest BCUT2D eigenvalue weighted by atomic mass is 9.81. The van der Waals surface area contributed by atoms with Crippen molar-refractivity contribution in [2.45, 2.75) is 48.5 Å². The molecule has 0 aromatic carbocycles. The molecule has 2 heteroatoms. The first-order valence-corrected chi connectivity index (χ1v) is 5.36. The summed E-state index contributed by atoms with van der Waals surface area (Å²) in [5.41, 5.74) is 6.36. The molecule has 2 N–H and O–H groups in total. The lowest BCUT2D eigenvalue weighted by Gasteiger charge is -2.37. The van der Waals surface area contributed by atoms with E-state index in [0.29, 0.717) is 3.92 Å². The zero-order chi connectivity index (χ0) is 7.61. The van der Waals surface area contributed by atoms with Gasteiger partial charge < -0.3 is 5.73 Å². The number of hydrogen-bond acceptors (Lipinski definition) is 1. The van der Waals surface area contributed by atoms with Crippen LogP contribution in [0, 0.1) is 0 Å². The Morgan fingerprint density at radius 1 is 1.60 bits per heavy atom. The zero-order valence-electron chi connectivity index (χ0n) is 6.57. The van der Waals surface area contributed by atoms with E-state index in [0.717, 1.165) is 6.42 Å². The predicted octanol–water partition coefficient (Wildman–Crippen LogP) is 2.47. The molecule has 1 nitrogen and oxygen atoms in total. The van der Waals surface area contributed by atoms with Crippen molar-refractivity contribution in [2.24, 2.45) is 5.73 Å². The van der Waals surface area contributed by atoms with Crippen LogP contribution in [-0.2, 0) is 0 Å². The molecule has 0 unspecified atom stereocenters. The maximum Gasteiger partial charge on any atom is 0.0290 e. The average Bonchev–Trinajstić information content (AvgIpc) is 1.96. The summed E-state index contributed by atoms with van der Waals surface area (Å²) in [6.45, 7) is 2.21. The van der Waals surface area contributed by atoms with Gasteiger partial charge in [0, 0.05) is 9.46 Å². The molecule has 60 valence electrons. The van der Waals surface area contributed by atoms with Crippen molar-refractivity contribution in [2.75, 3.05) is 0 Å². The third-order valence-electron chi connectivity index (χ3n) is 2.63. The van der Waals surface area contributed by atoms with Gasteiger partial charge >= 0.3 is 0 Å². The molecule has 0 heterocycles. The van der Waals surface area contributed by atoms with Gasteiger partial charge in [-0.1, -0.05) is 42.4 Å². The van der Waals surface area contributed by atoms with Crippen LogP contribution in [0.1, 0.15) is 39.0 Å². The summed E-state index contributed by atoms with van der Waals surface area (Å²) in [6, 6.07) is 0. The highest BCUT2D eigenvalue weighted by Gasteiger charge is 2.33. The normalized spacial score (nSPS) is 41.7. The fraction of sp³-hybridized carbons (Fsp3) is 1.00. The van der Waals surface area contributed by atoms with Gasteiger partial charge in [0.2, 0.25) is 0 Å². The van der Waals surface area contributed by atoms with E-state index in [2.05, 4.69) is 29.5 Å². The van der Waals surface area contributed by atoms with Gasteiger partial charge in [0.05, 0.1) is 0 Å². The van der Waals surface area contributed by atoms with Crippen molar-refractivity contribution in [3.05, 3.63) is 0 Å². The molecule has 1 aliphatic rings. The summed E-state index contributed by atoms with van der Waals surface area (Å²) in [7, 11) is 0. The first kappa shape index (κ1) is 8.78. The molecule has 0 amide bonds. The van der Waals surface area contributed by atoms with Crippen LogP contribution in [0.2, 0.25) is 0 Å². The van der Waals surface area contributed by atoms with Crippen LogP contribution in [-0.4, -0.2) is 9.46 Å². The maximum atomic E-state index is 6.19. The van der Waals surface area contributed by atoms with E-state index in [4.69, 9.17) is 5.73 Å². The van der Waals surface area contributed by atoms with Crippen LogP contribution < -0.4 is 5.73 Å². The molecule has 0 spiro atoms. The largest absolute Gasteiger partial charge is 0.324 e. The van der Waals surface area contributed by atoms with E-state index in [-0.39, 0.29) is 5.54 Å². The summed E-state index contributed by atoms with van der Waals surface area (Å²) in [5, 5.41) is 0. The Labute approximate surface area is 76.9 Å². The fourth-order valence-corrected chi connectivity index (χ4v) is 2.81. The molecule has 2 atom stereocenters. The molecule has 0 aliphatic heterocycles. The van der Waals surface area contributed by atoms with E-state index in [9.17, 15) is 0 Å². The first-order chi connectivity index (χ1) is 4.69. The van der Waals surface area contributed by atoms with Gasteiger partial charge in [0.15, 0.2) is 0 Å². The molecular formula is C8H16IN. The molecule has 0 bridgehead atoms. The van der Waals surface area contributed by atoms with Gasteiger partial charge in [-0.3, -0.25) is 0 Å². The summed E-state index contributed by atoms with van der Waals surface area (Å²) in [4.78, 5) is 0. The number of halogens is 1. The van der Waals surface area contributed by atoms with E-state index >= 15 is 0 Å². The number of hydrogen-bond donors (Lipinski definition) is 1. The monoisotopic (exact) mass is 253 g/mol. The fourth-order valence-electron chi connectivity index (χ4n) is 1.62. The van der Waals surface area contributed by atoms with Crippen molar-refractivity contribution in [3.63, 3.8) is 0 Å². The second-order valence-corrected chi connectivity index (χ2v) is 4.80. The summed E-state index contributed by atoms with van der Waals surface area (Å²) >= 11 is 2.51. The molecular weight excluding hydrogens is 237 g/mol. The quantitative estimate of drug-likeness (QED) is 0.563. The van der Waals surface area contributed by atoms with Crippen LogP contribution in [0.3, 0.4) is 0 Å². The minimum Gasteiger partial charge on any atom is -0.324 e. The second kappa shape index (κ2) is 3.39. The first-order valence-electron chi connectivity index (χ1n) is 4.12. The zero-order valence-corrected chi connectivity index (χ0v) is 8.73. The molecule has 0 radical (unpaired) electrons. The molecule has 10 heavy (non-hydrogen) atoms. The van der Waals surface area contributed by atoms with Gasteiger partial charge in [0.1, 0.15) is 0 Å². The smallest absolute Gasteiger partial charge is 0.0290 e. The van der Waals surface area contributed by atoms with Crippen LogP contribution >= 0.6 is 22.6 Å². The SMILES string of the molecule is CC[C@]1(N)CCCC[C@@H]1I. The van der Waals surface area contributed by atoms with Crippen molar-refractivity contribution in [1.29, 1.82) is 0 Å². The highest BCUT2D eigenvalue weighted by atomic mass is 127. The molecule has 1 aliphatic carbocycles. The average molecular weight is 253 g/mol. The Morgan fingerprint density at radius 3 is 2.70 bits per heavy atom. The highest BCUT2D eigenvalue weighted by molar-refractivity contribution is 14.1. The summed E-state index contributed by atoms with van der Waals surface area (Å²) in [5.74, 6) is 0. The third-order valence-corrected chi connectivity index (χ3v) is 4.50. The van der Waals surface area contributed by atoms with E-state index < -0.39 is 0 Å². The number of nitrogens with two attached hydrogens (primary N) is 1.